The number of benzene rings is 2. The summed E-state index contributed by atoms with van der Waals surface area (Å²) in [5.41, 5.74) is 6.55. The molecule has 0 spiro atoms. The first kappa shape index (κ1) is 18.0. The Bertz CT molecular complexity index is 1100. The van der Waals surface area contributed by atoms with E-state index in [4.69, 9.17) is 9.52 Å². The number of anilines is 1. The van der Waals surface area contributed by atoms with Crippen LogP contribution in [0.5, 0.6) is 0 Å². The lowest BCUT2D eigenvalue weighted by atomic mass is 10.1. The Labute approximate surface area is 169 Å². The van der Waals surface area contributed by atoms with Crippen molar-refractivity contribution in [1.82, 2.24) is 14.5 Å². The van der Waals surface area contributed by atoms with Crippen molar-refractivity contribution < 1.29 is 9.52 Å². The second-order valence-corrected chi connectivity index (χ2v) is 7.40. The smallest absolute Gasteiger partial charge is 0.100 e. The van der Waals surface area contributed by atoms with Crippen LogP contribution in [0.15, 0.2) is 71.8 Å². The number of furan rings is 1. The first-order chi connectivity index (χ1) is 14.3. The van der Waals surface area contributed by atoms with Gasteiger partial charge < -0.3 is 14.4 Å². The van der Waals surface area contributed by atoms with Gasteiger partial charge in [0.2, 0.25) is 0 Å². The number of imidazole rings is 1. The number of rotatable bonds is 5. The Morgan fingerprint density at radius 2 is 1.79 bits per heavy atom. The van der Waals surface area contributed by atoms with Crippen molar-refractivity contribution in [3.8, 4) is 16.8 Å². The first-order valence-electron chi connectivity index (χ1n) is 10.00. The Balaban J connectivity index is 1.41. The van der Waals surface area contributed by atoms with Gasteiger partial charge in [0.25, 0.3) is 0 Å². The zero-order valence-electron chi connectivity index (χ0n) is 16.2. The Kier molecular flexibility index (Phi) is 4.79. The van der Waals surface area contributed by atoms with Crippen LogP contribution < -0.4 is 4.90 Å². The molecule has 2 aromatic carbocycles. The molecule has 0 amide bonds. The van der Waals surface area contributed by atoms with Crippen molar-refractivity contribution in [3.05, 3.63) is 67.4 Å². The topological polar surface area (TPSA) is 57.7 Å². The van der Waals surface area contributed by atoms with Gasteiger partial charge in [0.05, 0.1) is 30.2 Å². The molecule has 0 bridgehead atoms. The molecule has 2 aromatic heterocycles. The summed E-state index contributed by atoms with van der Waals surface area (Å²) >= 11 is 0. The van der Waals surface area contributed by atoms with E-state index in [-0.39, 0.29) is 6.61 Å². The Morgan fingerprint density at radius 3 is 2.59 bits per heavy atom. The fourth-order valence-electron chi connectivity index (χ4n) is 4.04. The average Bonchev–Trinajstić information content (AvgIpc) is 3.44. The van der Waals surface area contributed by atoms with Crippen LogP contribution in [0.4, 0.5) is 5.69 Å². The summed E-state index contributed by atoms with van der Waals surface area (Å²) in [6, 6.07) is 16.9. The second kappa shape index (κ2) is 7.73. The summed E-state index contributed by atoms with van der Waals surface area (Å²) in [5, 5.41) is 9.13. The average molecular weight is 388 g/mol. The highest BCUT2D eigenvalue weighted by molar-refractivity contribution is 5.83. The van der Waals surface area contributed by atoms with Gasteiger partial charge in [0.15, 0.2) is 0 Å². The normalized spacial score (nSPS) is 15.3. The maximum absolute atomic E-state index is 9.13. The highest BCUT2D eigenvalue weighted by Gasteiger charge is 2.17. The Hall–Kier alpha value is -3.09. The van der Waals surface area contributed by atoms with E-state index in [1.54, 1.807) is 12.5 Å². The number of piperazine rings is 1. The van der Waals surface area contributed by atoms with Crippen LogP contribution in [-0.4, -0.2) is 58.9 Å². The molecule has 0 aliphatic carbocycles. The number of β-amino-alcohol motifs (C(OH)–C–C–N with tert-alkyl or cyclic N) is 1. The minimum atomic E-state index is 0.228. The van der Waals surface area contributed by atoms with Crippen LogP contribution in [0.2, 0.25) is 0 Å². The van der Waals surface area contributed by atoms with Crippen molar-refractivity contribution in [1.29, 1.82) is 0 Å². The fourth-order valence-corrected chi connectivity index (χ4v) is 4.04. The lowest BCUT2D eigenvalue weighted by molar-refractivity contribution is 0.189. The molecule has 6 nitrogen and oxygen atoms in total. The van der Waals surface area contributed by atoms with Crippen LogP contribution in [0.3, 0.4) is 0 Å². The summed E-state index contributed by atoms with van der Waals surface area (Å²) in [4.78, 5) is 9.34. The van der Waals surface area contributed by atoms with E-state index in [0.717, 1.165) is 60.6 Å². The van der Waals surface area contributed by atoms with Gasteiger partial charge in [-0.05, 0) is 42.0 Å². The lowest BCUT2D eigenvalue weighted by Crippen LogP contribution is -2.47. The van der Waals surface area contributed by atoms with Crippen molar-refractivity contribution in [2.24, 2.45) is 0 Å². The monoisotopic (exact) mass is 388 g/mol. The predicted molar refractivity (Wildman–Crippen MR) is 115 cm³/mol. The molecule has 148 valence electrons. The molecular weight excluding hydrogens is 364 g/mol. The summed E-state index contributed by atoms with van der Waals surface area (Å²) in [7, 11) is 0. The maximum atomic E-state index is 9.13. The molecule has 29 heavy (non-hydrogen) atoms. The molecule has 6 heteroatoms. The quantitative estimate of drug-likeness (QED) is 0.568. The number of aliphatic hydroxyl groups is 1. The molecule has 5 rings (SSSR count). The van der Waals surface area contributed by atoms with Gasteiger partial charge in [-0.2, -0.15) is 0 Å². The van der Waals surface area contributed by atoms with E-state index >= 15 is 0 Å². The molecule has 1 saturated heterocycles. The molecule has 0 atom stereocenters. The third-order valence-corrected chi connectivity index (χ3v) is 5.66. The molecule has 1 aliphatic heterocycles. The van der Waals surface area contributed by atoms with Gasteiger partial charge in [0.1, 0.15) is 6.33 Å². The zero-order valence-corrected chi connectivity index (χ0v) is 16.2. The Morgan fingerprint density at radius 1 is 0.931 bits per heavy atom. The standard InChI is InChI=1S/C23H24N4O2/c28-12-11-25-7-9-26(10-8-25)20-2-1-3-21(15-20)27-17-24-22-14-18(4-5-23(22)27)19-6-13-29-16-19/h1-6,13-17,28H,7-12H2. The third kappa shape index (κ3) is 3.52. The van der Waals surface area contributed by atoms with Gasteiger partial charge in [-0.25, -0.2) is 4.98 Å². The predicted octanol–water partition coefficient (Wildman–Crippen LogP) is 3.40. The molecular formula is C23H24N4O2. The number of hydrogen-bond donors (Lipinski definition) is 1. The van der Waals surface area contributed by atoms with Gasteiger partial charge in [-0.3, -0.25) is 9.47 Å². The summed E-state index contributed by atoms with van der Waals surface area (Å²) in [6.07, 6.45) is 5.33. The van der Waals surface area contributed by atoms with Gasteiger partial charge in [-0.15, -0.1) is 0 Å². The van der Waals surface area contributed by atoms with Crippen LogP contribution in [0, 0.1) is 0 Å². The number of nitrogens with zero attached hydrogens (tertiary/aromatic N) is 4. The second-order valence-electron chi connectivity index (χ2n) is 7.40. The lowest BCUT2D eigenvalue weighted by Gasteiger charge is -2.36. The zero-order chi connectivity index (χ0) is 19.6. The third-order valence-electron chi connectivity index (χ3n) is 5.66. The van der Waals surface area contributed by atoms with E-state index < -0.39 is 0 Å². The van der Waals surface area contributed by atoms with E-state index in [1.807, 2.05) is 12.4 Å². The van der Waals surface area contributed by atoms with Gasteiger partial charge in [0, 0.05) is 49.7 Å². The summed E-state index contributed by atoms with van der Waals surface area (Å²) in [5.74, 6) is 0. The van der Waals surface area contributed by atoms with Crippen LogP contribution in [-0.2, 0) is 0 Å². The van der Waals surface area contributed by atoms with Crippen LogP contribution >= 0.6 is 0 Å². The number of aliphatic hydroxyl groups excluding tert-OH is 1. The highest BCUT2D eigenvalue weighted by Crippen LogP contribution is 2.27. The largest absolute Gasteiger partial charge is 0.472 e. The van der Waals surface area contributed by atoms with Gasteiger partial charge in [-0.1, -0.05) is 12.1 Å². The molecule has 0 radical (unpaired) electrons. The van der Waals surface area contributed by atoms with E-state index in [2.05, 4.69) is 61.8 Å². The van der Waals surface area contributed by atoms with Crippen LogP contribution in [0.25, 0.3) is 27.8 Å². The molecule has 1 fully saturated rings. The summed E-state index contributed by atoms with van der Waals surface area (Å²) < 4.78 is 7.34. The molecule has 0 saturated carbocycles. The number of hydrogen-bond acceptors (Lipinski definition) is 5. The van der Waals surface area contributed by atoms with Crippen molar-refractivity contribution in [2.75, 3.05) is 44.2 Å². The summed E-state index contributed by atoms with van der Waals surface area (Å²) in [6.45, 7) is 4.90. The molecule has 4 aromatic rings. The minimum Gasteiger partial charge on any atom is -0.472 e. The molecule has 0 unspecified atom stereocenters. The first-order valence-corrected chi connectivity index (χ1v) is 10.00. The maximum Gasteiger partial charge on any atom is 0.100 e. The highest BCUT2D eigenvalue weighted by atomic mass is 16.3. The number of fused-ring (bicyclic) bond motifs is 1. The number of aromatic nitrogens is 2. The van der Waals surface area contributed by atoms with E-state index in [1.165, 1.54) is 5.69 Å². The molecule has 1 N–H and O–H groups in total. The van der Waals surface area contributed by atoms with Crippen molar-refractivity contribution in [3.63, 3.8) is 0 Å². The van der Waals surface area contributed by atoms with E-state index in [0.29, 0.717) is 0 Å². The van der Waals surface area contributed by atoms with E-state index in [9.17, 15) is 0 Å². The SMILES string of the molecule is OCCN1CCN(c2cccc(-n3cnc4cc(-c5ccoc5)ccc43)c2)CC1. The fraction of sp³-hybridized carbons (Fsp3) is 0.261. The molecule has 3 heterocycles. The van der Waals surface area contributed by atoms with Gasteiger partial charge >= 0.3 is 0 Å². The van der Waals surface area contributed by atoms with Crippen LogP contribution in [0.1, 0.15) is 0 Å². The van der Waals surface area contributed by atoms with Crippen molar-refractivity contribution in [2.45, 2.75) is 0 Å². The molecule has 1 aliphatic rings. The van der Waals surface area contributed by atoms with Crippen molar-refractivity contribution >= 4 is 16.7 Å². The minimum absolute atomic E-state index is 0.228.